The van der Waals surface area contributed by atoms with Gasteiger partial charge in [0.25, 0.3) is 0 Å². The van der Waals surface area contributed by atoms with E-state index in [-0.39, 0.29) is 0 Å². The Bertz CT molecular complexity index is 436. The van der Waals surface area contributed by atoms with Gasteiger partial charge in [-0.3, -0.25) is 0 Å². The first-order chi connectivity index (χ1) is 8.74. The Morgan fingerprint density at radius 3 is 2.17 bits per heavy atom. The smallest absolute Gasteiger partial charge is 0.328 e. The molecule has 3 nitrogen and oxygen atoms in total. The molecule has 1 fully saturated rings. The van der Waals surface area contributed by atoms with Crippen LogP contribution < -0.4 is 0 Å². The number of carbonyl (C=O) groups is 1. The van der Waals surface area contributed by atoms with Crippen molar-refractivity contribution in [3.8, 4) is 0 Å². The molecule has 0 amide bonds. The first kappa shape index (κ1) is 12.6. The van der Waals surface area contributed by atoms with E-state index in [0.717, 1.165) is 11.6 Å². The molecule has 2 unspecified atom stereocenters. The van der Waals surface area contributed by atoms with Crippen molar-refractivity contribution in [3.05, 3.63) is 54.1 Å². The van der Waals surface area contributed by atoms with Crippen molar-refractivity contribution >= 4 is 12.0 Å². The second-order valence-corrected chi connectivity index (χ2v) is 4.26. The standard InChI is InChI=1S/C9H8O2.C6H8O/c10-9(11)7-6-8-4-2-1-3-5-8;1-2-6-4-3-5(1)7-6/h1-7H,(H,10,11);1-2,5-6H,3-4H2. The molecule has 18 heavy (non-hydrogen) atoms. The van der Waals surface area contributed by atoms with E-state index in [2.05, 4.69) is 12.2 Å². The summed E-state index contributed by atoms with van der Waals surface area (Å²) in [5, 5.41) is 8.29. The van der Waals surface area contributed by atoms with Gasteiger partial charge in [0, 0.05) is 6.08 Å². The Hall–Kier alpha value is -1.87. The van der Waals surface area contributed by atoms with Crippen molar-refractivity contribution in [3.63, 3.8) is 0 Å². The van der Waals surface area contributed by atoms with E-state index in [4.69, 9.17) is 9.84 Å². The number of ether oxygens (including phenoxy) is 1. The van der Waals surface area contributed by atoms with Crippen LogP contribution in [-0.4, -0.2) is 23.3 Å². The second-order valence-electron chi connectivity index (χ2n) is 4.26. The average Bonchev–Trinajstić information content (AvgIpc) is 3.03. The molecule has 1 aromatic carbocycles. The molecule has 1 aromatic rings. The van der Waals surface area contributed by atoms with Gasteiger partial charge in [-0.1, -0.05) is 42.5 Å². The molecule has 0 saturated carbocycles. The lowest BCUT2D eigenvalue weighted by atomic mass is 10.1. The fourth-order valence-electron chi connectivity index (χ4n) is 1.95. The maximum absolute atomic E-state index is 10.1. The number of fused-ring (bicyclic) bond motifs is 2. The average molecular weight is 244 g/mol. The fourth-order valence-corrected chi connectivity index (χ4v) is 1.95. The van der Waals surface area contributed by atoms with E-state index >= 15 is 0 Å². The molecule has 1 N–H and O–H groups in total. The second kappa shape index (κ2) is 6.17. The number of benzene rings is 1. The molecular weight excluding hydrogens is 228 g/mol. The molecule has 2 bridgehead atoms. The monoisotopic (exact) mass is 244 g/mol. The summed E-state index contributed by atoms with van der Waals surface area (Å²) in [6.45, 7) is 0. The Morgan fingerprint density at radius 2 is 1.78 bits per heavy atom. The lowest BCUT2D eigenvalue weighted by molar-refractivity contribution is -0.131. The maximum Gasteiger partial charge on any atom is 0.328 e. The summed E-state index contributed by atoms with van der Waals surface area (Å²) in [5.41, 5.74) is 0.898. The van der Waals surface area contributed by atoms with E-state index in [1.54, 1.807) is 6.08 Å². The lowest BCUT2D eigenvalue weighted by Crippen LogP contribution is -1.95. The van der Waals surface area contributed by atoms with Crippen LogP contribution in [0.5, 0.6) is 0 Å². The number of hydrogen-bond donors (Lipinski definition) is 1. The lowest BCUT2D eigenvalue weighted by Gasteiger charge is -1.93. The van der Waals surface area contributed by atoms with Crippen molar-refractivity contribution in [1.29, 1.82) is 0 Å². The molecule has 2 atom stereocenters. The molecular formula is C15H16O3. The van der Waals surface area contributed by atoms with Crippen LogP contribution in [0.1, 0.15) is 18.4 Å². The van der Waals surface area contributed by atoms with Gasteiger partial charge in [-0.15, -0.1) is 0 Å². The molecule has 2 aliphatic rings. The van der Waals surface area contributed by atoms with Gasteiger partial charge in [0.05, 0.1) is 12.2 Å². The van der Waals surface area contributed by atoms with Crippen LogP contribution >= 0.6 is 0 Å². The minimum Gasteiger partial charge on any atom is -0.478 e. The summed E-state index contributed by atoms with van der Waals surface area (Å²) in [5.74, 6) is -0.922. The van der Waals surface area contributed by atoms with Gasteiger partial charge in [-0.2, -0.15) is 0 Å². The van der Waals surface area contributed by atoms with Crippen LogP contribution in [0.25, 0.3) is 6.08 Å². The molecule has 3 rings (SSSR count). The number of carboxylic acids is 1. The van der Waals surface area contributed by atoms with Gasteiger partial charge in [0.15, 0.2) is 0 Å². The van der Waals surface area contributed by atoms with Crippen LogP contribution in [0.2, 0.25) is 0 Å². The van der Waals surface area contributed by atoms with Gasteiger partial charge in [-0.05, 0) is 24.5 Å². The molecule has 1 saturated heterocycles. The molecule has 0 aromatic heterocycles. The minimum absolute atomic E-state index is 0.491. The summed E-state index contributed by atoms with van der Waals surface area (Å²) in [6, 6.07) is 9.31. The Kier molecular flexibility index (Phi) is 4.31. The first-order valence-electron chi connectivity index (χ1n) is 6.04. The number of aliphatic carboxylic acids is 1. The number of carboxylic acid groups (broad SMARTS) is 1. The van der Waals surface area contributed by atoms with E-state index < -0.39 is 5.97 Å². The summed E-state index contributed by atoms with van der Waals surface area (Å²) in [6.07, 6.45) is 10.5. The zero-order valence-electron chi connectivity index (χ0n) is 10.0. The highest BCUT2D eigenvalue weighted by Crippen LogP contribution is 2.27. The van der Waals surface area contributed by atoms with Crippen molar-refractivity contribution in [2.45, 2.75) is 25.0 Å². The highest BCUT2D eigenvalue weighted by atomic mass is 16.5. The SMILES string of the molecule is C1=CC2CCC1O2.O=C(O)C=Cc1ccccc1. The van der Waals surface area contributed by atoms with E-state index in [1.807, 2.05) is 30.3 Å². The minimum atomic E-state index is -0.922. The van der Waals surface area contributed by atoms with Crippen LogP contribution in [0.3, 0.4) is 0 Å². The highest BCUT2D eigenvalue weighted by molar-refractivity contribution is 5.85. The molecule has 94 valence electrons. The largest absolute Gasteiger partial charge is 0.478 e. The summed E-state index contributed by atoms with van der Waals surface area (Å²) < 4.78 is 5.36. The third kappa shape index (κ3) is 3.86. The Balaban J connectivity index is 0.000000146. The molecule has 0 aliphatic carbocycles. The quantitative estimate of drug-likeness (QED) is 0.642. The van der Waals surface area contributed by atoms with Crippen LogP contribution in [-0.2, 0) is 9.53 Å². The molecule has 3 heteroatoms. The first-order valence-corrected chi connectivity index (χ1v) is 6.04. The summed E-state index contributed by atoms with van der Waals surface area (Å²) >= 11 is 0. The van der Waals surface area contributed by atoms with Crippen molar-refractivity contribution < 1.29 is 14.6 Å². The zero-order chi connectivity index (χ0) is 12.8. The molecule has 0 spiro atoms. The van der Waals surface area contributed by atoms with Crippen LogP contribution in [0, 0.1) is 0 Å². The van der Waals surface area contributed by atoms with Gasteiger partial charge in [-0.25, -0.2) is 4.79 Å². The van der Waals surface area contributed by atoms with E-state index in [1.165, 1.54) is 12.8 Å². The molecule has 2 heterocycles. The van der Waals surface area contributed by atoms with Crippen molar-refractivity contribution in [1.82, 2.24) is 0 Å². The summed E-state index contributed by atoms with van der Waals surface area (Å²) in [7, 11) is 0. The van der Waals surface area contributed by atoms with E-state index in [0.29, 0.717) is 12.2 Å². The maximum atomic E-state index is 10.1. The fraction of sp³-hybridized carbons (Fsp3) is 0.267. The normalized spacial score (nSPS) is 24.0. The molecule has 0 radical (unpaired) electrons. The van der Waals surface area contributed by atoms with Crippen molar-refractivity contribution in [2.75, 3.05) is 0 Å². The number of hydrogen-bond acceptors (Lipinski definition) is 2. The topological polar surface area (TPSA) is 46.5 Å². The third-order valence-corrected chi connectivity index (χ3v) is 2.84. The van der Waals surface area contributed by atoms with E-state index in [9.17, 15) is 4.79 Å². The van der Waals surface area contributed by atoms with Gasteiger partial charge < -0.3 is 9.84 Å². The predicted molar refractivity (Wildman–Crippen MR) is 70.1 cm³/mol. The van der Waals surface area contributed by atoms with Crippen LogP contribution in [0.4, 0.5) is 0 Å². The zero-order valence-corrected chi connectivity index (χ0v) is 10.0. The predicted octanol–water partition coefficient (Wildman–Crippen LogP) is 2.89. The Labute approximate surface area is 106 Å². The van der Waals surface area contributed by atoms with Gasteiger partial charge in [0.1, 0.15) is 0 Å². The van der Waals surface area contributed by atoms with Gasteiger partial charge >= 0.3 is 5.97 Å². The third-order valence-electron chi connectivity index (χ3n) is 2.84. The number of rotatable bonds is 2. The van der Waals surface area contributed by atoms with Gasteiger partial charge in [0.2, 0.25) is 0 Å². The van der Waals surface area contributed by atoms with Crippen LogP contribution in [0.15, 0.2) is 48.6 Å². The van der Waals surface area contributed by atoms with Crippen molar-refractivity contribution in [2.24, 2.45) is 0 Å². The Morgan fingerprint density at radius 1 is 1.17 bits per heavy atom. The molecule has 2 aliphatic heterocycles. The highest BCUT2D eigenvalue weighted by Gasteiger charge is 2.25. The summed E-state index contributed by atoms with van der Waals surface area (Å²) in [4.78, 5) is 10.1.